The minimum atomic E-state index is 0. The van der Waals surface area contributed by atoms with Gasteiger partial charge in [-0.25, -0.2) is 0 Å². The zero-order chi connectivity index (χ0) is 34.6. The quantitative estimate of drug-likeness (QED) is 0.0871. The number of hydrogen-bond acceptors (Lipinski definition) is 6. The van der Waals surface area contributed by atoms with Crippen molar-refractivity contribution in [2.75, 3.05) is 91.9 Å². The summed E-state index contributed by atoms with van der Waals surface area (Å²) in [5, 5.41) is 12.8. The van der Waals surface area contributed by atoms with Crippen molar-refractivity contribution in [1.29, 1.82) is 0 Å². The van der Waals surface area contributed by atoms with E-state index >= 15 is 0 Å². The Labute approximate surface area is 355 Å². The van der Waals surface area contributed by atoms with Crippen molar-refractivity contribution >= 4 is 71.2 Å². The molecule has 2 unspecified atom stereocenters. The normalized spacial score (nSPS) is 15.7. The Kier molecular flexibility index (Phi) is 29.6. The Hall–Kier alpha value is -2.24. The highest BCUT2D eigenvalue weighted by Gasteiger charge is 2.16. The van der Waals surface area contributed by atoms with Gasteiger partial charge in [0.05, 0.1) is 26.4 Å². The van der Waals surface area contributed by atoms with Crippen molar-refractivity contribution in [3.63, 3.8) is 0 Å². The summed E-state index contributed by atoms with van der Waals surface area (Å²) in [5.41, 5.74) is 2.91. The predicted molar refractivity (Wildman–Crippen MR) is 245 cm³/mol. The molecule has 55 heavy (non-hydrogen) atoms. The summed E-state index contributed by atoms with van der Waals surface area (Å²) in [7, 11) is 0. The highest BCUT2D eigenvalue weighted by atomic mass is 35.5. The highest BCUT2D eigenvalue weighted by Crippen LogP contribution is 2.29. The molecule has 2 saturated heterocycles. The van der Waals surface area contributed by atoms with Crippen LogP contribution in [0, 0.1) is 0 Å². The second-order valence-corrected chi connectivity index (χ2v) is 13.5. The molecule has 0 aromatic heterocycles. The first-order valence-electron chi connectivity index (χ1n) is 19.0. The zero-order valence-corrected chi connectivity index (χ0v) is 36.0. The van der Waals surface area contributed by atoms with Crippen molar-refractivity contribution in [3.05, 3.63) is 120 Å². The molecule has 6 rings (SSSR count). The molecule has 2 atom stereocenters. The zero-order valence-electron chi connectivity index (χ0n) is 32.7. The maximum Gasteiger partial charge on any atom is 0.0594 e. The number of benzene rings is 4. The van der Waals surface area contributed by atoms with Gasteiger partial charge < -0.3 is 25.6 Å². The molecule has 4 aromatic carbocycles. The molecule has 0 radical (unpaired) electrons. The first-order chi connectivity index (χ1) is 24.8. The van der Waals surface area contributed by atoms with Gasteiger partial charge in [0, 0.05) is 77.3 Å². The van der Waals surface area contributed by atoms with Crippen LogP contribution in [0.2, 0.25) is 0 Å². The summed E-state index contributed by atoms with van der Waals surface area (Å²) >= 11 is 0. The van der Waals surface area contributed by atoms with Gasteiger partial charge in [0.1, 0.15) is 0 Å². The van der Waals surface area contributed by atoms with E-state index in [0.29, 0.717) is 11.8 Å². The summed E-state index contributed by atoms with van der Waals surface area (Å²) in [6.07, 6.45) is 11.0. The van der Waals surface area contributed by atoms with Crippen LogP contribution in [-0.4, -0.2) is 107 Å². The lowest BCUT2D eigenvalue weighted by molar-refractivity contribution is 0.0383. The maximum atomic E-state index is 5.42. The topological polar surface area (TPSA) is 80.5 Å². The number of nitrogens with zero attached hydrogens (tertiary/aromatic N) is 2. The average molecular weight is 841 g/mol. The first kappa shape index (κ1) is 52.8. The van der Waals surface area contributed by atoms with Crippen LogP contribution in [0.15, 0.2) is 109 Å². The van der Waals surface area contributed by atoms with Crippen molar-refractivity contribution < 1.29 is 14.9 Å². The van der Waals surface area contributed by atoms with Gasteiger partial charge in [-0.05, 0) is 59.4 Å². The fraction of sp³-hybridized carbons (Fsp3) is 0.455. The van der Waals surface area contributed by atoms with Crippen LogP contribution in [0.3, 0.4) is 0 Å². The van der Waals surface area contributed by atoms with Crippen LogP contribution in [-0.2, 0) is 9.47 Å². The van der Waals surface area contributed by atoms with E-state index in [4.69, 9.17) is 9.47 Å². The molecule has 0 amide bonds. The van der Waals surface area contributed by atoms with Crippen molar-refractivity contribution in [3.8, 4) is 0 Å². The molecule has 4 N–H and O–H groups in total. The van der Waals surface area contributed by atoms with Gasteiger partial charge in [0.2, 0.25) is 0 Å². The van der Waals surface area contributed by atoms with Crippen LogP contribution in [0.25, 0.3) is 21.5 Å². The second-order valence-electron chi connectivity index (χ2n) is 13.5. The summed E-state index contributed by atoms with van der Waals surface area (Å²) in [5.74, 6) is 1.01. The fourth-order valence-electron chi connectivity index (χ4n) is 7.13. The smallest absolute Gasteiger partial charge is 0.0594 e. The van der Waals surface area contributed by atoms with Gasteiger partial charge in [0.25, 0.3) is 0 Å². The molecule has 2 aliphatic rings. The van der Waals surface area contributed by atoms with Crippen molar-refractivity contribution in [2.24, 2.45) is 0 Å². The van der Waals surface area contributed by atoms with E-state index in [1.165, 1.54) is 32.7 Å². The van der Waals surface area contributed by atoms with Gasteiger partial charge >= 0.3 is 0 Å². The summed E-state index contributed by atoms with van der Waals surface area (Å²) in [6.45, 7) is 18.3. The molecule has 0 saturated carbocycles. The number of rotatable bonds is 16. The highest BCUT2D eigenvalue weighted by molar-refractivity contribution is 5.87. The SMILES string of the molecule is CC=CCC(CNCCN1CCOCC1)c1cccc2ccccc12.CC=CCC(CNCCN1CCOCC1)c1cccc2ccccc12.Cl.Cl.Cl.Cl.O. The second kappa shape index (κ2) is 30.8. The number of morpholine rings is 2. The van der Waals surface area contributed by atoms with E-state index in [9.17, 15) is 0 Å². The van der Waals surface area contributed by atoms with Gasteiger partial charge in [-0.2, -0.15) is 0 Å². The van der Waals surface area contributed by atoms with E-state index < -0.39 is 0 Å². The van der Waals surface area contributed by atoms with Crippen LogP contribution in [0.5, 0.6) is 0 Å². The van der Waals surface area contributed by atoms with Crippen LogP contribution in [0.4, 0.5) is 0 Å². The molecule has 2 fully saturated rings. The molecular formula is C44H66Cl4N4O3. The lowest BCUT2D eigenvalue weighted by Gasteiger charge is -2.27. The maximum absolute atomic E-state index is 5.42. The molecule has 0 aliphatic carbocycles. The Bertz CT molecular complexity index is 1490. The Morgan fingerprint density at radius 1 is 0.545 bits per heavy atom. The van der Waals surface area contributed by atoms with E-state index in [-0.39, 0.29) is 55.1 Å². The Balaban J connectivity index is 0.000000972. The summed E-state index contributed by atoms with van der Waals surface area (Å²) in [4.78, 5) is 4.96. The standard InChI is InChI=1S/2C22H30N2O.4ClH.H2O/c2*1-2-3-7-20(18-23-12-13-24-14-16-25-17-15-24)22-11-6-9-19-8-4-5-10-21(19)22;;;;;/h2*2-6,8-11,20,23H,7,12-18H2,1H3;4*1H;1H2. The average Bonchev–Trinajstić information content (AvgIpc) is 3.18. The summed E-state index contributed by atoms with van der Waals surface area (Å²) < 4.78 is 10.8. The summed E-state index contributed by atoms with van der Waals surface area (Å²) in [6, 6.07) is 30.8. The molecule has 11 heteroatoms. The van der Waals surface area contributed by atoms with Gasteiger partial charge in [-0.1, -0.05) is 109 Å². The van der Waals surface area contributed by atoms with E-state index in [2.05, 4.69) is 144 Å². The van der Waals surface area contributed by atoms with Crippen LogP contribution < -0.4 is 10.6 Å². The predicted octanol–water partition coefficient (Wildman–Crippen LogP) is 8.49. The molecule has 7 nitrogen and oxygen atoms in total. The number of fused-ring (bicyclic) bond motifs is 2. The van der Waals surface area contributed by atoms with Gasteiger partial charge in [-0.3, -0.25) is 9.80 Å². The van der Waals surface area contributed by atoms with Crippen molar-refractivity contribution in [2.45, 2.75) is 38.5 Å². The van der Waals surface area contributed by atoms with Gasteiger partial charge in [0.15, 0.2) is 0 Å². The fourth-order valence-corrected chi connectivity index (χ4v) is 7.13. The molecule has 4 aromatic rings. The minimum absolute atomic E-state index is 0. The Morgan fingerprint density at radius 2 is 0.909 bits per heavy atom. The van der Waals surface area contributed by atoms with Crippen LogP contribution in [0.1, 0.15) is 49.7 Å². The number of halogens is 4. The molecule has 308 valence electrons. The third kappa shape index (κ3) is 17.4. The lowest BCUT2D eigenvalue weighted by atomic mass is 9.90. The Morgan fingerprint density at radius 3 is 1.29 bits per heavy atom. The molecule has 0 spiro atoms. The number of hydrogen-bond donors (Lipinski definition) is 2. The number of allylic oxidation sites excluding steroid dienone is 4. The monoisotopic (exact) mass is 838 g/mol. The minimum Gasteiger partial charge on any atom is -0.412 e. The third-order valence-corrected chi connectivity index (χ3v) is 10.0. The molecular weight excluding hydrogens is 774 g/mol. The number of nitrogens with one attached hydrogen (secondary N) is 2. The number of ether oxygens (including phenoxy) is 2. The lowest BCUT2D eigenvalue weighted by Crippen LogP contribution is -2.40. The molecule has 2 aliphatic heterocycles. The molecule has 2 heterocycles. The molecule has 0 bridgehead atoms. The van der Waals surface area contributed by atoms with E-state index in [1.54, 1.807) is 0 Å². The van der Waals surface area contributed by atoms with Gasteiger partial charge in [-0.15, -0.1) is 49.6 Å². The largest absolute Gasteiger partial charge is 0.412 e. The first-order valence-corrected chi connectivity index (χ1v) is 19.0. The van der Waals surface area contributed by atoms with Crippen molar-refractivity contribution in [1.82, 2.24) is 20.4 Å². The van der Waals surface area contributed by atoms with Crippen LogP contribution >= 0.6 is 49.6 Å². The third-order valence-electron chi connectivity index (χ3n) is 10.0. The van der Waals surface area contributed by atoms with E-state index in [0.717, 1.165) is 105 Å². The van der Waals surface area contributed by atoms with E-state index in [1.807, 2.05) is 0 Å².